The highest BCUT2D eigenvalue weighted by Crippen LogP contribution is 2.21. The van der Waals surface area contributed by atoms with Crippen molar-refractivity contribution in [2.24, 2.45) is 0 Å². The molecule has 0 atom stereocenters. The summed E-state index contributed by atoms with van der Waals surface area (Å²) in [5.41, 5.74) is 2.37. The van der Waals surface area contributed by atoms with E-state index < -0.39 is 5.97 Å². The Morgan fingerprint density at radius 1 is 1.62 bits per heavy atom. The number of hydrogen-bond donors (Lipinski definition) is 2. The maximum Gasteiger partial charge on any atom is 0.356 e. The number of nitrogens with zero attached hydrogens (tertiary/aromatic N) is 2. The second-order valence-electron chi connectivity index (χ2n) is 2.34. The predicted octanol–water partition coefficient (Wildman–Crippen LogP) is 1.23. The molecule has 2 N–H and O–H groups in total. The molecule has 0 saturated heterocycles. The second-order valence-corrected chi connectivity index (χ2v) is 3.22. The van der Waals surface area contributed by atoms with Crippen molar-refractivity contribution in [2.45, 2.75) is 0 Å². The van der Waals surface area contributed by atoms with Crippen LogP contribution in [0.4, 0.5) is 0 Å². The van der Waals surface area contributed by atoms with Crippen LogP contribution in [0.3, 0.4) is 0 Å². The van der Waals surface area contributed by atoms with Gasteiger partial charge in [0.15, 0.2) is 5.69 Å². The van der Waals surface area contributed by atoms with Gasteiger partial charge in [0.05, 0.1) is 16.1 Å². The maximum atomic E-state index is 10.5. The van der Waals surface area contributed by atoms with Gasteiger partial charge in [0, 0.05) is 6.20 Å². The quantitative estimate of drug-likeness (QED) is 0.755. The zero-order chi connectivity index (χ0) is 9.26. The lowest BCUT2D eigenvalue weighted by Gasteiger charge is -1.84. The normalized spacial score (nSPS) is 10.2. The van der Waals surface area contributed by atoms with Gasteiger partial charge in [-0.25, -0.2) is 4.79 Å². The number of aromatic nitrogens is 3. The molecule has 2 heterocycles. The molecule has 0 aliphatic heterocycles. The van der Waals surface area contributed by atoms with E-state index in [-0.39, 0.29) is 5.69 Å². The van der Waals surface area contributed by atoms with Crippen LogP contribution in [0.1, 0.15) is 10.5 Å². The van der Waals surface area contributed by atoms with E-state index >= 15 is 0 Å². The highest BCUT2D eigenvalue weighted by molar-refractivity contribution is 7.13. The van der Waals surface area contributed by atoms with E-state index in [0.29, 0.717) is 5.69 Å². The molecule has 0 amide bonds. The molecule has 13 heavy (non-hydrogen) atoms. The van der Waals surface area contributed by atoms with Crippen molar-refractivity contribution in [3.63, 3.8) is 0 Å². The summed E-state index contributed by atoms with van der Waals surface area (Å²) in [6.07, 6.45) is 1.66. The summed E-state index contributed by atoms with van der Waals surface area (Å²) in [7, 11) is 0. The predicted molar refractivity (Wildman–Crippen MR) is 46.7 cm³/mol. The monoisotopic (exact) mass is 195 g/mol. The highest BCUT2D eigenvalue weighted by Gasteiger charge is 2.09. The third-order valence-electron chi connectivity index (χ3n) is 1.49. The van der Waals surface area contributed by atoms with Gasteiger partial charge in [-0.1, -0.05) is 0 Å². The number of carboxylic acid groups (broad SMARTS) is 1. The summed E-state index contributed by atoms with van der Waals surface area (Å²) >= 11 is 1.43. The summed E-state index contributed by atoms with van der Waals surface area (Å²) in [5, 5.41) is 14.9. The number of H-pyrrole nitrogens is 1. The number of carbonyl (C=O) groups is 1. The van der Waals surface area contributed by atoms with Gasteiger partial charge in [-0.2, -0.15) is 5.10 Å². The van der Waals surface area contributed by atoms with Crippen LogP contribution in [-0.2, 0) is 0 Å². The zero-order valence-corrected chi connectivity index (χ0v) is 7.21. The van der Waals surface area contributed by atoms with E-state index in [0.717, 1.165) is 4.88 Å². The maximum absolute atomic E-state index is 10.5. The molecular formula is C7H5N3O2S. The summed E-state index contributed by atoms with van der Waals surface area (Å²) in [5.74, 6) is -1.04. The second kappa shape index (κ2) is 2.98. The molecule has 0 spiro atoms. The lowest BCUT2D eigenvalue weighted by molar-refractivity contribution is 0.0690. The van der Waals surface area contributed by atoms with Crippen molar-refractivity contribution in [1.82, 2.24) is 15.2 Å². The number of nitrogens with one attached hydrogen (secondary N) is 1. The van der Waals surface area contributed by atoms with E-state index in [9.17, 15) is 4.79 Å². The Kier molecular flexibility index (Phi) is 1.82. The molecule has 6 heteroatoms. The van der Waals surface area contributed by atoms with Gasteiger partial charge in [-0.15, -0.1) is 11.3 Å². The minimum absolute atomic E-state index is 0.0170. The van der Waals surface area contributed by atoms with Crippen molar-refractivity contribution in [3.05, 3.63) is 23.5 Å². The first-order valence-electron chi connectivity index (χ1n) is 3.45. The first-order chi connectivity index (χ1) is 6.27. The van der Waals surface area contributed by atoms with Crippen LogP contribution in [-0.4, -0.2) is 26.3 Å². The molecular weight excluding hydrogens is 190 g/mol. The lowest BCUT2D eigenvalue weighted by atomic mass is 10.3. The van der Waals surface area contributed by atoms with Crippen molar-refractivity contribution in [1.29, 1.82) is 0 Å². The van der Waals surface area contributed by atoms with Gasteiger partial charge in [0.2, 0.25) is 0 Å². The topological polar surface area (TPSA) is 78.9 Å². The van der Waals surface area contributed by atoms with Crippen LogP contribution in [0.15, 0.2) is 17.8 Å². The average Bonchev–Trinajstić information content (AvgIpc) is 2.75. The number of carboxylic acids is 1. The Bertz CT molecular complexity index is 421. The average molecular weight is 195 g/mol. The van der Waals surface area contributed by atoms with Crippen LogP contribution in [0.25, 0.3) is 10.6 Å². The molecule has 0 bridgehead atoms. The number of aromatic carboxylic acids is 1. The summed E-state index contributed by atoms with van der Waals surface area (Å²) in [6.45, 7) is 0. The van der Waals surface area contributed by atoms with Crippen LogP contribution in [0, 0.1) is 0 Å². The van der Waals surface area contributed by atoms with Gasteiger partial charge in [-0.3, -0.25) is 10.1 Å². The SMILES string of the molecule is O=C(O)c1cc(-c2cncs2)[nH]n1. The van der Waals surface area contributed by atoms with Crippen molar-refractivity contribution in [2.75, 3.05) is 0 Å². The van der Waals surface area contributed by atoms with Crippen LogP contribution < -0.4 is 0 Å². The third-order valence-corrected chi connectivity index (χ3v) is 2.30. The molecule has 66 valence electrons. The van der Waals surface area contributed by atoms with Crippen LogP contribution in [0.5, 0.6) is 0 Å². The fourth-order valence-electron chi connectivity index (χ4n) is 0.906. The Morgan fingerprint density at radius 2 is 2.46 bits per heavy atom. The lowest BCUT2D eigenvalue weighted by Crippen LogP contribution is -1.95. The third kappa shape index (κ3) is 1.43. The Labute approximate surface area is 77.1 Å². The van der Waals surface area contributed by atoms with Crippen LogP contribution >= 0.6 is 11.3 Å². The van der Waals surface area contributed by atoms with Crippen molar-refractivity contribution in [3.8, 4) is 10.6 Å². The van der Waals surface area contributed by atoms with Gasteiger partial charge in [0.1, 0.15) is 0 Å². The molecule has 0 aromatic carbocycles. The van der Waals surface area contributed by atoms with E-state index in [1.54, 1.807) is 11.7 Å². The van der Waals surface area contributed by atoms with Crippen molar-refractivity contribution >= 4 is 17.3 Å². The molecule has 0 fully saturated rings. The Hall–Kier alpha value is -1.69. The fourth-order valence-corrected chi connectivity index (χ4v) is 1.49. The number of hydrogen-bond acceptors (Lipinski definition) is 4. The number of aromatic amines is 1. The van der Waals surface area contributed by atoms with Gasteiger partial charge in [-0.05, 0) is 6.07 Å². The summed E-state index contributed by atoms with van der Waals surface area (Å²) in [6, 6.07) is 1.48. The molecule has 0 radical (unpaired) electrons. The summed E-state index contributed by atoms with van der Waals surface area (Å²) in [4.78, 5) is 15.2. The Morgan fingerprint density at radius 3 is 3.00 bits per heavy atom. The number of rotatable bonds is 2. The minimum Gasteiger partial charge on any atom is -0.476 e. The molecule has 2 aromatic heterocycles. The largest absolute Gasteiger partial charge is 0.476 e. The molecule has 0 unspecified atom stereocenters. The van der Waals surface area contributed by atoms with E-state index in [2.05, 4.69) is 15.2 Å². The van der Waals surface area contributed by atoms with E-state index in [1.807, 2.05) is 0 Å². The Balaban J connectivity index is 2.39. The molecule has 2 aromatic rings. The molecule has 0 saturated carbocycles. The first-order valence-corrected chi connectivity index (χ1v) is 4.33. The van der Waals surface area contributed by atoms with Gasteiger partial charge in [0.25, 0.3) is 0 Å². The van der Waals surface area contributed by atoms with Crippen LogP contribution in [0.2, 0.25) is 0 Å². The van der Waals surface area contributed by atoms with E-state index in [1.165, 1.54) is 17.4 Å². The van der Waals surface area contributed by atoms with E-state index in [4.69, 9.17) is 5.11 Å². The van der Waals surface area contributed by atoms with Gasteiger partial charge >= 0.3 is 5.97 Å². The first kappa shape index (κ1) is 7.93. The minimum atomic E-state index is -1.04. The molecule has 0 aliphatic rings. The molecule has 5 nitrogen and oxygen atoms in total. The molecule has 0 aliphatic carbocycles. The smallest absolute Gasteiger partial charge is 0.356 e. The highest BCUT2D eigenvalue weighted by atomic mass is 32.1. The summed E-state index contributed by atoms with van der Waals surface area (Å²) < 4.78 is 0. The molecule has 2 rings (SSSR count). The van der Waals surface area contributed by atoms with Crippen molar-refractivity contribution < 1.29 is 9.90 Å². The number of thiazole rings is 1. The zero-order valence-electron chi connectivity index (χ0n) is 6.39. The standard InChI is InChI=1S/C7H5N3O2S/c11-7(12)5-1-4(9-10-5)6-2-8-3-13-6/h1-3H,(H,9,10)(H,11,12). The fraction of sp³-hybridized carbons (Fsp3) is 0. The van der Waals surface area contributed by atoms with Gasteiger partial charge < -0.3 is 5.11 Å².